The predicted molar refractivity (Wildman–Crippen MR) is 65.4 cm³/mol. The number of benzene rings is 1. The largest absolute Gasteiger partial charge is 0.419 e. The molecule has 1 aromatic rings. The van der Waals surface area contributed by atoms with Crippen LogP contribution in [0.4, 0.5) is 23.2 Å². The van der Waals surface area contributed by atoms with Crippen molar-refractivity contribution < 1.29 is 22.7 Å². The molecular formula is C13H17F4NO. The van der Waals surface area contributed by atoms with E-state index in [-0.39, 0.29) is 12.2 Å². The van der Waals surface area contributed by atoms with E-state index in [1.807, 2.05) is 0 Å². The molecule has 19 heavy (non-hydrogen) atoms. The summed E-state index contributed by atoms with van der Waals surface area (Å²) in [6.45, 7) is 3.69. The van der Waals surface area contributed by atoms with Crippen LogP contribution in [-0.2, 0) is 6.18 Å². The van der Waals surface area contributed by atoms with Crippen LogP contribution in [0.25, 0.3) is 0 Å². The third kappa shape index (κ3) is 4.09. The summed E-state index contributed by atoms with van der Waals surface area (Å²) in [4.78, 5) is 0. The second-order valence-corrected chi connectivity index (χ2v) is 4.48. The van der Waals surface area contributed by atoms with Crippen molar-refractivity contribution in [2.24, 2.45) is 0 Å². The van der Waals surface area contributed by atoms with Crippen molar-refractivity contribution in [1.29, 1.82) is 0 Å². The lowest BCUT2D eigenvalue weighted by atomic mass is 9.97. The van der Waals surface area contributed by atoms with Gasteiger partial charge in [0.15, 0.2) is 0 Å². The first kappa shape index (κ1) is 15.8. The minimum Gasteiger partial charge on any atom is -0.388 e. The van der Waals surface area contributed by atoms with Gasteiger partial charge in [-0.05, 0) is 31.0 Å². The van der Waals surface area contributed by atoms with Crippen molar-refractivity contribution in [2.45, 2.75) is 38.5 Å². The van der Waals surface area contributed by atoms with Crippen LogP contribution in [0, 0.1) is 5.82 Å². The van der Waals surface area contributed by atoms with E-state index >= 15 is 0 Å². The molecule has 1 aromatic carbocycles. The molecule has 0 heterocycles. The Morgan fingerprint density at radius 1 is 1.16 bits per heavy atom. The van der Waals surface area contributed by atoms with Crippen LogP contribution in [0.3, 0.4) is 0 Å². The van der Waals surface area contributed by atoms with Gasteiger partial charge in [-0.15, -0.1) is 0 Å². The molecule has 0 aliphatic carbocycles. The lowest BCUT2D eigenvalue weighted by Gasteiger charge is -2.26. The van der Waals surface area contributed by atoms with Crippen LogP contribution in [0.5, 0.6) is 0 Å². The van der Waals surface area contributed by atoms with E-state index in [2.05, 4.69) is 5.32 Å². The van der Waals surface area contributed by atoms with Gasteiger partial charge in [-0.1, -0.05) is 13.8 Å². The Bertz CT molecular complexity index is 427. The van der Waals surface area contributed by atoms with Gasteiger partial charge in [0.25, 0.3) is 0 Å². The smallest absolute Gasteiger partial charge is 0.388 e. The van der Waals surface area contributed by atoms with E-state index in [9.17, 15) is 22.7 Å². The first-order valence-electron chi connectivity index (χ1n) is 6.05. The van der Waals surface area contributed by atoms with Gasteiger partial charge < -0.3 is 10.4 Å². The van der Waals surface area contributed by atoms with Gasteiger partial charge in [0.1, 0.15) is 5.82 Å². The lowest BCUT2D eigenvalue weighted by Crippen LogP contribution is -2.35. The molecule has 0 fully saturated rings. The van der Waals surface area contributed by atoms with Crippen LogP contribution in [-0.4, -0.2) is 17.3 Å². The summed E-state index contributed by atoms with van der Waals surface area (Å²) in [5, 5.41) is 12.7. The fraction of sp³-hybridized carbons (Fsp3) is 0.538. The lowest BCUT2D eigenvalue weighted by molar-refractivity contribution is -0.139. The zero-order valence-electron chi connectivity index (χ0n) is 10.8. The second kappa shape index (κ2) is 5.77. The zero-order valence-corrected chi connectivity index (χ0v) is 10.8. The van der Waals surface area contributed by atoms with Crippen LogP contribution in [0.2, 0.25) is 0 Å². The van der Waals surface area contributed by atoms with Gasteiger partial charge in [-0.2, -0.15) is 13.2 Å². The third-order valence-electron chi connectivity index (χ3n) is 3.21. The summed E-state index contributed by atoms with van der Waals surface area (Å²) in [5.74, 6) is -1.31. The standard InChI is InChI=1S/C13H17F4NO/c1-3-12(19,4-2)8-18-9-5-6-11(14)10(7-9)13(15,16)17/h5-7,18-19H,3-4,8H2,1-2H3. The van der Waals surface area contributed by atoms with Crippen molar-refractivity contribution in [3.05, 3.63) is 29.6 Å². The number of hydrogen-bond acceptors (Lipinski definition) is 2. The Labute approximate surface area is 109 Å². The number of hydrogen-bond donors (Lipinski definition) is 2. The van der Waals surface area contributed by atoms with Crippen molar-refractivity contribution in [3.8, 4) is 0 Å². The molecule has 0 radical (unpaired) electrons. The summed E-state index contributed by atoms with van der Waals surface area (Å²) in [7, 11) is 0. The van der Waals surface area contributed by atoms with Crippen molar-refractivity contribution in [1.82, 2.24) is 0 Å². The normalized spacial score (nSPS) is 12.6. The summed E-state index contributed by atoms with van der Waals surface area (Å²) in [6, 6.07) is 2.69. The van der Waals surface area contributed by atoms with Gasteiger partial charge in [0.2, 0.25) is 0 Å². The molecule has 0 aliphatic rings. The van der Waals surface area contributed by atoms with E-state index < -0.39 is 23.2 Å². The Kier molecular flexibility index (Phi) is 4.79. The fourth-order valence-electron chi connectivity index (χ4n) is 1.62. The maximum Gasteiger partial charge on any atom is 0.419 e. The quantitative estimate of drug-likeness (QED) is 0.803. The number of rotatable bonds is 5. The van der Waals surface area contributed by atoms with Crippen molar-refractivity contribution in [2.75, 3.05) is 11.9 Å². The molecule has 0 amide bonds. The summed E-state index contributed by atoms with van der Waals surface area (Å²) < 4.78 is 50.6. The van der Waals surface area contributed by atoms with E-state index in [1.54, 1.807) is 13.8 Å². The first-order valence-corrected chi connectivity index (χ1v) is 6.05. The highest BCUT2D eigenvalue weighted by Crippen LogP contribution is 2.33. The Morgan fingerprint density at radius 3 is 2.21 bits per heavy atom. The topological polar surface area (TPSA) is 32.3 Å². The van der Waals surface area contributed by atoms with Crippen molar-refractivity contribution in [3.63, 3.8) is 0 Å². The Balaban J connectivity index is 2.87. The minimum absolute atomic E-state index is 0.114. The van der Waals surface area contributed by atoms with Crippen LogP contribution >= 0.6 is 0 Å². The van der Waals surface area contributed by atoms with Crippen LogP contribution < -0.4 is 5.32 Å². The van der Waals surface area contributed by atoms with E-state index in [0.717, 1.165) is 6.07 Å². The predicted octanol–water partition coefficient (Wildman–Crippen LogP) is 3.81. The molecule has 6 heteroatoms. The average Bonchev–Trinajstić information content (AvgIpc) is 2.36. The molecule has 0 saturated heterocycles. The Morgan fingerprint density at radius 2 is 1.74 bits per heavy atom. The number of nitrogens with one attached hydrogen (secondary N) is 1. The highest BCUT2D eigenvalue weighted by Gasteiger charge is 2.34. The highest BCUT2D eigenvalue weighted by molar-refractivity contribution is 5.47. The molecule has 0 aliphatic heterocycles. The van der Waals surface area contributed by atoms with Gasteiger partial charge in [0.05, 0.1) is 11.2 Å². The monoisotopic (exact) mass is 279 g/mol. The van der Waals surface area contributed by atoms with Gasteiger partial charge in [-0.3, -0.25) is 0 Å². The van der Waals surface area contributed by atoms with Gasteiger partial charge in [0, 0.05) is 12.2 Å². The third-order valence-corrected chi connectivity index (χ3v) is 3.21. The molecule has 2 N–H and O–H groups in total. The molecule has 0 spiro atoms. The molecule has 1 rings (SSSR count). The highest BCUT2D eigenvalue weighted by atomic mass is 19.4. The first-order chi connectivity index (χ1) is 8.72. The maximum atomic E-state index is 13.1. The van der Waals surface area contributed by atoms with E-state index in [4.69, 9.17) is 0 Å². The van der Waals surface area contributed by atoms with Gasteiger partial charge >= 0.3 is 6.18 Å². The van der Waals surface area contributed by atoms with Crippen LogP contribution in [0.1, 0.15) is 32.3 Å². The fourth-order valence-corrected chi connectivity index (χ4v) is 1.62. The minimum atomic E-state index is -4.73. The average molecular weight is 279 g/mol. The molecule has 0 aromatic heterocycles. The summed E-state index contributed by atoms with van der Waals surface area (Å²) in [6.07, 6.45) is -3.78. The molecule has 2 nitrogen and oxygen atoms in total. The molecule has 0 atom stereocenters. The molecule has 0 bridgehead atoms. The summed E-state index contributed by atoms with van der Waals surface area (Å²) >= 11 is 0. The number of aliphatic hydroxyl groups is 1. The second-order valence-electron chi connectivity index (χ2n) is 4.48. The molecular weight excluding hydrogens is 262 g/mol. The molecule has 108 valence electrons. The Hall–Kier alpha value is -1.30. The SMILES string of the molecule is CCC(O)(CC)CNc1ccc(F)c(C(F)(F)F)c1. The maximum absolute atomic E-state index is 13.1. The van der Waals surface area contributed by atoms with Crippen LogP contribution in [0.15, 0.2) is 18.2 Å². The van der Waals surface area contributed by atoms with E-state index in [0.29, 0.717) is 18.9 Å². The van der Waals surface area contributed by atoms with Crippen molar-refractivity contribution >= 4 is 5.69 Å². The van der Waals surface area contributed by atoms with Gasteiger partial charge in [-0.25, -0.2) is 4.39 Å². The number of anilines is 1. The zero-order chi connectivity index (χ0) is 14.7. The number of halogens is 4. The van der Waals surface area contributed by atoms with E-state index in [1.165, 1.54) is 6.07 Å². The summed E-state index contributed by atoms with van der Waals surface area (Å²) in [5.41, 5.74) is -2.16. The molecule has 0 saturated carbocycles. The molecule has 0 unspecified atom stereocenters. The number of alkyl halides is 3.